The molecule has 1 aromatic carbocycles. The number of pyridine rings is 1. The summed E-state index contributed by atoms with van der Waals surface area (Å²) in [6.45, 7) is 2.91. The monoisotopic (exact) mass is 339 g/mol. The number of benzene rings is 1. The van der Waals surface area contributed by atoms with Crippen LogP contribution in [0.15, 0.2) is 48.7 Å². The maximum atomic E-state index is 12.9. The second-order valence-corrected chi connectivity index (χ2v) is 6.42. The lowest BCUT2D eigenvalue weighted by Crippen LogP contribution is -2.48. The molecule has 25 heavy (non-hydrogen) atoms. The average Bonchev–Trinajstić information content (AvgIpc) is 2.67. The zero-order chi connectivity index (χ0) is 17.6. The molecule has 0 radical (unpaired) electrons. The van der Waals surface area contributed by atoms with E-state index in [-0.39, 0.29) is 18.1 Å². The third-order valence-corrected chi connectivity index (χ3v) is 4.77. The number of hydrogen-bond donors (Lipinski definition) is 1. The standard InChI is InChI=1S/C20H25N3O2/c1-15-9-6-8-14-23(15)20(24)22-19(17-11-5-7-13-21-17)16-10-3-4-12-18(16)25-2/h3-5,7,10-13,15,19H,6,8-9,14H2,1-2H3,(H,22,24)/t15-,19+/m1/s1. The maximum absolute atomic E-state index is 12.9. The molecule has 2 amide bonds. The molecule has 2 heterocycles. The fourth-order valence-corrected chi connectivity index (χ4v) is 3.37. The molecule has 1 N–H and O–H groups in total. The van der Waals surface area contributed by atoms with Crippen molar-refractivity contribution in [1.29, 1.82) is 0 Å². The van der Waals surface area contributed by atoms with Crippen molar-refractivity contribution < 1.29 is 9.53 Å². The van der Waals surface area contributed by atoms with E-state index < -0.39 is 0 Å². The van der Waals surface area contributed by atoms with Crippen molar-refractivity contribution in [2.24, 2.45) is 0 Å². The fraction of sp³-hybridized carbons (Fsp3) is 0.400. The van der Waals surface area contributed by atoms with E-state index in [9.17, 15) is 4.79 Å². The smallest absolute Gasteiger partial charge is 0.318 e. The van der Waals surface area contributed by atoms with Crippen LogP contribution in [0.4, 0.5) is 4.79 Å². The lowest BCUT2D eigenvalue weighted by Gasteiger charge is -2.34. The molecule has 2 aromatic rings. The number of piperidine rings is 1. The van der Waals surface area contributed by atoms with Gasteiger partial charge in [-0.15, -0.1) is 0 Å². The predicted molar refractivity (Wildman–Crippen MR) is 97.6 cm³/mol. The minimum atomic E-state index is -0.348. The number of amides is 2. The summed E-state index contributed by atoms with van der Waals surface area (Å²) in [7, 11) is 1.64. The van der Waals surface area contributed by atoms with Gasteiger partial charge in [0.2, 0.25) is 0 Å². The average molecular weight is 339 g/mol. The van der Waals surface area contributed by atoms with Gasteiger partial charge in [-0.1, -0.05) is 24.3 Å². The summed E-state index contributed by atoms with van der Waals surface area (Å²) in [6.07, 6.45) is 5.03. The van der Waals surface area contributed by atoms with Gasteiger partial charge < -0.3 is 15.0 Å². The fourth-order valence-electron chi connectivity index (χ4n) is 3.37. The highest BCUT2D eigenvalue weighted by Crippen LogP contribution is 2.29. The molecule has 1 aliphatic heterocycles. The lowest BCUT2D eigenvalue weighted by molar-refractivity contribution is 0.156. The number of ether oxygens (including phenoxy) is 1. The number of carbonyl (C=O) groups excluding carboxylic acids is 1. The molecule has 1 aliphatic rings. The molecule has 0 unspecified atom stereocenters. The van der Waals surface area contributed by atoms with Crippen LogP contribution in [0.25, 0.3) is 0 Å². The van der Waals surface area contributed by atoms with E-state index in [1.165, 1.54) is 6.42 Å². The second-order valence-electron chi connectivity index (χ2n) is 6.42. The van der Waals surface area contributed by atoms with E-state index in [1.807, 2.05) is 47.4 Å². The summed E-state index contributed by atoms with van der Waals surface area (Å²) >= 11 is 0. The van der Waals surface area contributed by atoms with Gasteiger partial charge in [0.25, 0.3) is 0 Å². The molecule has 5 nitrogen and oxygen atoms in total. The first-order valence-electron chi connectivity index (χ1n) is 8.81. The molecule has 2 atom stereocenters. The Balaban J connectivity index is 1.91. The van der Waals surface area contributed by atoms with E-state index in [2.05, 4.69) is 17.2 Å². The number of nitrogens with zero attached hydrogens (tertiary/aromatic N) is 2. The minimum Gasteiger partial charge on any atom is -0.496 e. The topological polar surface area (TPSA) is 54.5 Å². The van der Waals surface area contributed by atoms with Crippen LogP contribution in [-0.4, -0.2) is 35.6 Å². The lowest BCUT2D eigenvalue weighted by atomic mass is 10.0. The Labute approximate surface area is 149 Å². The van der Waals surface area contributed by atoms with Crippen LogP contribution in [0.3, 0.4) is 0 Å². The van der Waals surface area contributed by atoms with Crippen LogP contribution >= 0.6 is 0 Å². The van der Waals surface area contributed by atoms with E-state index in [0.29, 0.717) is 0 Å². The maximum Gasteiger partial charge on any atom is 0.318 e. The minimum absolute atomic E-state index is 0.0474. The quantitative estimate of drug-likeness (QED) is 0.923. The van der Waals surface area contributed by atoms with Crippen LogP contribution in [-0.2, 0) is 0 Å². The number of aromatic nitrogens is 1. The van der Waals surface area contributed by atoms with Crippen molar-refractivity contribution in [1.82, 2.24) is 15.2 Å². The molecule has 1 aromatic heterocycles. The molecule has 0 aliphatic carbocycles. The molecule has 1 fully saturated rings. The molecule has 0 bridgehead atoms. The van der Waals surface area contributed by atoms with Gasteiger partial charge in [0.15, 0.2) is 0 Å². The zero-order valence-corrected chi connectivity index (χ0v) is 14.8. The van der Waals surface area contributed by atoms with E-state index in [4.69, 9.17) is 4.74 Å². The van der Waals surface area contributed by atoms with Gasteiger partial charge in [0.1, 0.15) is 11.8 Å². The molecule has 3 rings (SSSR count). The van der Waals surface area contributed by atoms with Crippen LogP contribution in [0.1, 0.15) is 43.5 Å². The normalized spacial score (nSPS) is 18.5. The van der Waals surface area contributed by atoms with Crippen molar-refractivity contribution in [2.45, 2.75) is 38.3 Å². The number of para-hydroxylation sites is 1. The third kappa shape index (κ3) is 3.92. The Kier molecular flexibility index (Phi) is 5.53. The van der Waals surface area contributed by atoms with Crippen molar-refractivity contribution in [3.63, 3.8) is 0 Å². The van der Waals surface area contributed by atoms with Gasteiger partial charge >= 0.3 is 6.03 Å². The molecule has 132 valence electrons. The largest absolute Gasteiger partial charge is 0.496 e. The third-order valence-electron chi connectivity index (χ3n) is 4.77. The van der Waals surface area contributed by atoms with Gasteiger partial charge in [-0.05, 0) is 44.4 Å². The van der Waals surface area contributed by atoms with Gasteiger partial charge in [-0.3, -0.25) is 4.98 Å². The predicted octanol–water partition coefficient (Wildman–Crippen LogP) is 3.76. The molecule has 0 saturated carbocycles. The van der Waals surface area contributed by atoms with Crippen molar-refractivity contribution in [3.05, 3.63) is 59.9 Å². The molecular weight excluding hydrogens is 314 g/mol. The van der Waals surface area contributed by atoms with E-state index in [1.54, 1.807) is 13.3 Å². The second kappa shape index (κ2) is 8.01. The van der Waals surface area contributed by atoms with Crippen LogP contribution in [0.2, 0.25) is 0 Å². The molecule has 1 saturated heterocycles. The summed E-state index contributed by atoms with van der Waals surface area (Å²) in [5, 5.41) is 3.17. The summed E-state index contributed by atoms with van der Waals surface area (Å²) in [4.78, 5) is 19.3. The van der Waals surface area contributed by atoms with Crippen molar-refractivity contribution in [2.75, 3.05) is 13.7 Å². The Morgan fingerprint density at radius 3 is 2.76 bits per heavy atom. The highest BCUT2D eigenvalue weighted by Gasteiger charge is 2.27. The number of hydrogen-bond acceptors (Lipinski definition) is 3. The number of methoxy groups -OCH3 is 1. The van der Waals surface area contributed by atoms with Gasteiger partial charge in [0.05, 0.1) is 12.8 Å². The Bertz CT molecular complexity index is 705. The highest BCUT2D eigenvalue weighted by atomic mass is 16.5. The van der Waals surface area contributed by atoms with Crippen molar-refractivity contribution in [3.8, 4) is 5.75 Å². The molecule has 5 heteroatoms. The summed E-state index contributed by atoms with van der Waals surface area (Å²) in [5.74, 6) is 0.741. The van der Waals surface area contributed by atoms with Gasteiger partial charge in [-0.2, -0.15) is 0 Å². The van der Waals surface area contributed by atoms with Crippen LogP contribution < -0.4 is 10.1 Å². The number of nitrogens with one attached hydrogen (secondary N) is 1. The Morgan fingerprint density at radius 2 is 2.04 bits per heavy atom. The van der Waals surface area contributed by atoms with E-state index >= 15 is 0 Å². The van der Waals surface area contributed by atoms with Crippen LogP contribution in [0, 0.1) is 0 Å². The SMILES string of the molecule is COc1ccccc1[C@H](NC(=O)N1CCCC[C@H]1C)c1ccccn1. The van der Waals surface area contributed by atoms with Crippen LogP contribution in [0.5, 0.6) is 5.75 Å². The number of carbonyl (C=O) groups is 1. The highest BCUT2D eigenvalue weighted by molar-refractivity contribution is 5.76. The zero-order valence-electron chi connectivity index (χ0n) is 14.8. The van der Waals surface area contributed by atoms with E-state index in [0.717, 1.165) is 36.4 Å². The Hall–Kier alpha value is -2.56. The molecular formula is C20H25N3O2. The van der Waals surface area contributed by atoms with Gasteiger partial charge in [-0.25, -0.2) is 4.79 Å². The first-order valence-corrected chi connectivity index (χ1v) is 8.81. The van der Waals surface area contributed by atoms with Crippen molar-refractivity contribution >= 4 is 6.03 Å². The summed E-state index contributed by atoms with van der Waals surface area (Å²) in [5.41, 5.74) is 1.70. The summed E-state index contributed by atoms with van der Waals surface area (Å²) in [6, 6.07) is 13.3. The first kappa shape index (κ1) is 17.3. The van der Waals surface area contributed by atoms with Gasteiger partial charge in [0, 0.05) is 24.3 Å². The molecule has 0 spiro atoms. The first-order chi connectivity index (χ1) is 12.2. The number of rotatable bonds is 4. The summed E-state index contributed by atoms with van der Waals surface area (Å²) < 4.78 is 5.50. The number of likely N-dealkylation sites (tertiary alicyclic amines) is 1. The Morgan fingerprint density at radius 1 is 1.24 bits per heavy atom. The number of urea groups is 1.